The Hall–Kier alpha value is -2.70. The Morgan fingerprint density at radius 1 is 1.33 bits per heavy atom. The topological polar surface area (TPSA) is 91.2 Å². The maximum atomic E-state index is 13.3. The highest BCUT2D eigenvalue weighted by molar-refractivity contribution is 5.47. The van der Waals surface area contributed by atoms with E-state index in [-0.39, 0.29) is 11.4 Å². The Balaban J connectivity index is 2.65. The average molecular weight is 249 g/mol. The van der Waals surface area contributed by atoms with E-state index in [2.05, 4.69) is 0 Å². The van der Waals surface area contributed by atoms with E-state index in [0.29, 0.717) is 0 Å². The maximum Gasteiger partial charge on any atom is 0.334 e. The van der Waals surface area contributed by atoms with Gasteiger partial charge in [-0.25, -0.2) is 4.39 Å². The van der Waals surface area contributed by atoms with Crippen LogP contribution in [-0.2, 0) is 0 Å². The van der Waals surface area contributed by atoms with Gasteiger partial charge in [0.25, 0.3) is 0 Å². The van der Waals surface area contributed by atoms with E-state index in [1.54, 1.807) is 0 Å². The van der Waals surface area contributed by atoms with Crippen molar-refractivity contribution in [3.05, 3.63) is 62.8 Å². The molecule has 1 heterocycles. The van der Waals surface area contributed by atoms with Gasteiger partial charge >= 0.3 is 11.2 Å². The molecule has 2 N–H and O–H groups in total. The predicted molar refractivity (Wildman–Crippen MR) is 63.1 cm³/mol. The highest BCUT2D eigenvalue weighted by Crippen LogP contribution is 2.15. The Morgan fingerprint density at radius 2 is 2.06 bits per heavy atom. The van der Waals surface area contributed by atoms with Crippen LogP contribution < -0.4 is 11.3 Å². The van der Waals surface area contributed by atoms with Crippen LogP contribution in [0.1, 0.15) is 0 Å². The number of hydrogen-bond donors (Lipinski definition) is 1. The van der Waals surface area contributed by atoms with Crippen LogP contribution in [0.5, 0.6) is 0 Å². The molecule has 92 valence electrons. The van der Waals surface area contributed by atoms with Crippen LogP contribution in [0.15, 0.2) is 41.3 Å². The van der Waals surface area contributed by atoms with Crippen molar-refractivity contribution in [2.24, 2.45) is 0 Å². The number of rotatable bonds is 2. The molecule has 0 aliphatic heterocycles. The molecule has 18 heavy (non-hydrogen) atoms. The molecule has 0 radical (unpaired) electrons. The Labute approximate surface area is 100 Å². The molecular weight excluding hydrogens is 241 g/mol. The zero-order chi connectivity index (χ0) is 13.3. The van der Waals surface area contributed by atoms with Crippen LogP contribution in [-0.4, -0.2) is 9.49 Å². The smallest absolute Gasteiger partial charge is 0.334 e. The first-order valence-corrected chi connectivity index (χ1v) is 4.92. The van der Waals surface area contributed by atoms with Gasteiger partial charge in [-0.15, -0.1) is 0 Å². The van der Waals surface area contributed by atoms with Crippen molar-refractivity contribution in [3.8, 4) is 5.69 Å². The zero-order valence-corrected chi connectivity index (χ0v) is 9.04. The minimum absolute atomic E-state index is 0.0581. The molecule has 0 atom stereocenters. The number of halogens is 1. The first-order chi connectivity index (χ1) is 8.50. The molecule has 7 heteroatoms. The summed E-state index contributed by atoms with van der Waals surface area (Å²) in [6.07, 6.45) is 1.32. The molecule has 0 saturated heterocycles. The van der Waals surface area contributed by atoms with Gasteiger partial charge in [0, 0.05) is 18.3 Å². The third-order valence-electron chi connectivity index (χ3n) is 2.39. The number of nitro groups is 1. The summed E-state index contributed by atoms with van der Waals surface area (Å²) in [6.45, 7) is 0. The molecular formula is C11H8FN3O3. The molecule has 0 amide bonds. The van der Waals surface area contributed by atoms with Gasteiger partial charge in [0.05, 0.1) is 16.3 Å². The van der Waals surface area contributed by atoms with Crippen LogP contribution in [0, 0.1) is 15.9 Å². The molecule has 6 nitrogen and oxygen atoms in total. The number of pyridine rings is 1. The van der Waals surface area contributed by atoms with Crippen molar-refractivity contribution < 1.29 is 9.31 Å². The summed E-state index contributed by atoms with van der Waals surface area (Å²) in [5.74, 6) is -0.689. The van der Waals surface area contributed by atoms with Crippen LogP contribution in [0.3, 0.4) is 0 Å². The molecule has 0 aliphatic rings. The van der Waals surface area contributed by atoms with Gasteiger partial charge in [-0.1, -0.05) is 0 Å². The highest BCUT2D eigenvalue weighted by atomic mass is 19.1. The molecule has 0 spiro atoms. The molecule has 1 aromatic heterocycles. The SMILES string of the molecule is Nc1ccc(-n2cccc([N+](=O)[O-])c2=O)cc1F. The van der Waals surface area contributed by atoms with Crippen LogP contribution in [0.25, 0.3) is 5.69 Å². The molecule has 0 aliphatic carbocycles. The minimum Gasteiger partial charge on any atom is -0.396 e. The fourth-order valence-electron chi connectivity index (χ4n) is 1.49. The Kier molecular flexibility index (Phi) is 2.80. The third-order valence-corrected chi connectivity index (χ3v) is 2.39. The van der Waals surface area contributed by atoms with Crippen LogP contribution >= 0.6 is 0 Å². The van der Waals surface area contributed by atoms with Crippen molar-refractivity contribution in [1.29, 1.82) is 0 Å². The third kappa shape index (κ3) is 1.93. The van der Waals surface area contributed by atoms with Crippen LogP contribution in [0.2, 0.25) is 0 Å². The summed E-state index contributed by atoms with van der Waals surface area (Å²) in [5, 5.41) is 10.6. The largest absolute Gasteiger partial charge is 0.396 e. The molecule has 2 aromatic rings. The van der Waals surface area contributed by atoms with E-state index in [0.717, 1.165) is 16.7 Å². The summed E-state index contributed by atoms with van der Waals surface area (Å²) in [6, 6.07) is 6.17. The molecule has 0 bridgehead atoms. The Morgan fingerprint density at radius 3 is 2.67 bits per heavy atom. The fourth-order valence-corrected chi connectivity index (χ4v) is 1.49. The molecule has 0 saturated carbocycles. The lowest BCUT2D eigenvalue weighted by molar-refractivity contribution is -0.386. The van der Waals surface area contributed by atoms with Crippen molar-refractivity contribution in [2.75, 3.05) is 5.73 Å². The number of benzene rings is 1. The summed E-state index contributed by atoms with van der Waals surface area (Å²) < 4.78 is 14.3. The average Bonchev–Trinajstić information content (AvgIpc) is 2.33. The van der Waals surface area contributed by atoms with Gasteiger partial charge in [0.1, 0.15) is 5.82 Å². The second-order valence-corrected chi connectivity index (χ2v) is 3.53. The number of nitrogen functional groups attached to an aromatic ring is 1. The van der Waals surface area contributed by atoms with E-state index in [1.807, 2.05) is 0 Å². The van der Waals surface area contributed by atoms with E-state index >= 15 is 0 Å². The van der Waals surface area contributed by atoms with Crippen molar-refractivity contribution in [2.45, 2.75) is 0 Å². The zero-order valence-electron chi connectivity index (χ0n) is 9.04. The van der Waals surface area contributed by atoms with E-state index in [1.165, 1.54) is 24.4 Å². The fraction of sp³-hybridized carbons (Fsp3) is 0. The van der Waals surface area contributed by atoms with Gasteiger partial charge in [0.15, 0.2) is 0 Å². The van der Waals surface area contributed by atoms with Gasteiger partial charge in [0.2, 0.25) is 0 Å². The van der Waals surface area contributed by atoms with Crippen molar-refractivity contribution in [3.63, 3.8) is 0 Å². The molecule has 0 unspecified atom stereocenters. The summed E-state index contributed by atoms with van der Waals surface area (Å²) in [7, 11) is 0. The van der Waals surface area contributed by atoms with Gasteiger partial charge in [-0.3, -0.25) is 19.5 Å². The summed E-state index contributed by atoms with van der Waals surface area (Å²) in [4.78, 5) is 21.6. The molecule has 1 aromatic carbocycles. The minimum atomic E-state index is -0.827. The normalized spacial score (nSPS) is 10.3. The number of hydrogen-bond acceptors (Lipinski definition) is 4. The molecule has 0 fully saturated rings. The van der Waals surface area contributed by atoms with Gasteiger partial charge < -0.3 is 5.73 Å². The Bertz CT molecular complexity index is 681. The first-order valence-electron chi connectivity index (χ1n) is 4.92. The number of nitrogens with two attached hydrogens (primary N) is 1. The van der Waals surface area contributed by atoms with E-state index in [9.17, 15) is 19.3 Å². The second-order valence-electron chi connectivity index (χ2n) is 3.53. The number of aromatic nitrogens is 1. The summed E-state index contributed by atoms with van der Waals surface area (Å²) in [5.41, 5.74) is 4.03. The second kappa shape index (κ2) is 4.28. The quantitative estimate of drug-likeness (QED) is 0.495. The lowest BCUT2D eigenvalue weighted by atomic mass is 10.2. The molecule has 2 rings (SSSR count). The number of nitrogens with zero attached hydrogens (tertiary/aromatic N) is 2. The van der Waals surface area contributed by atoms with Crippen LogP contribution in [0.4, 0.5) is 15.8 Å². The van der Waals surface area contributed by atoms with E-state index in [4.69, 9.17) is 5.73 Å². The monoisotopic (exact) mass is 249 g/mol. The maximum absolute atomic E-state index is 13.3. The first kappa shape index (κ1) is 11.8. The van der Waals surface area contributed by atoms with Gasteiger partial charge in [-0.2, -0.15) is 0 Å². The number of anilines is 1. The van der Waals surface area contributed by atoms with Crippen molar-refractivity contribution in [1.82, 2.24) is 4.57 Å². The predicted octanol–water partition coefficient (Wildman–Crippen LogP) is 1.47. The highest BCUT2D eigenvalue weighted by Gasteiger charge is 2.14. The van der Waals surface area contributed by atoms with Gasteiger partial charge in [-0.05, 0) is 18.2 Å². The summed E-state index contributed by atoms with van der Waals surface area (Å²) >= 11 is 0. The lowest BCUT2D eigenvalue weighted by Crippen LogP contribution is -2.20. The van der Waals surface area contributed by atoms with Crippen molar-refractivity contribution >= 4 is 11.4 Å². The standard InChI is InChI=1S/C11H8FN3O3/c12-8-6-7(3-4-9(8)13)14-5-1-2-10(11(14)16)15(17)18/h1-6H,13H2. The lowest BCUT2D eigenvalue weighted by Gasteiger charge is -2.06. The van der Waals surface area contributed by atoms with E-state index < -0.39 is 22.0 Å².